The van der Waals surface area contributed by atoms with Gasteiger partial charge >= 0.3 is 0 Å². The van der Waals surface area contributed by atoms with Crippen molar-refractivity contribution in [2.75, 3.05) is 0 Å². The van der Waals surface area contributed by atoms with Gasteiger partial charge in [-0.1, -0.05) is 161 Å². The summed E-state index contributed by atoms with van der Waals surface area (Å²) in [4.78, 5) is 0. The van der Waals surface area contributed by atoms with E-state index in [1.165, 1.54) is 94.1 Å². The van der Waals surface area contributed by atoms with E-state index in [0.717, 1.165) is 0 Å². The van der Waals surface area contributed by atoms with Gasteiger partial charge in [-0.25, -0.2) is 4.57 Å². The van der Waals surface area contributed by atoms with Gasteiger partial charge in [0.25, 0.3) is 0 Å². The third-order valence-electron chi connectivity index (χ3n) is 11.3. The summed E-state index contributed by atoms with van der Waals surface area (Å²) in [5.74, 6) is 0. The van der Waals surface area contributed by atoms with Gasteiger partial charge in [0.05, 0.1) is 0 Å². The lowest BCUT2D eigenvalue weighted by molar-refractivity contribution is -0.660. The van der Waals surface area contributed by atoms with Crippen molar-refractivity contribution in [1.29, 1.82) is 0 Å². The van der Waals surface area contributed by atoms with E-state index in [0.29, 0.717) is 0 Å². The molecular formula is C46H48B2N+. The fourth-order valence-corrected chi connectivity index (χ4v) is 8.40. The highest BCUT2D eigenvalue weighted by Gasteiger charge is 2.40. The molecule has 6 aromatic rings. The molecule has 0 fully saturated rings. The first-order valence-electron chi connectivity index (χ1n) is 17.8. The second-order valence-corrected chi connectivity index (χ2v) is 15.6. The van der Waals surface area contributed by atoms with Crippen LogP contribution in [0.25, 0.3) is 22.4 Å². The Labute approximate surface area is 295 Å². The van der Waals surface area contributed by atoms with Crippen molar-refractivity contribution in [3.63, 3.8) is 0 Å². The number of benzene rings is 5. The second kappa shape index (κ2) is 12.4. The topological polar surface area (TPSA) is 3.88 Å². The van der Waals surface area contributed by atoms with Crippen LogP contribution < -0.4 is 37.3 Å². The highest BCUT2D eigenvalue weighted by atomic mass is 14.9. The standard InChI is InChI=1S/C46H48B2N/c1-29-15-13-16-30(2)44(29)47-39-19-11-12-20-40(39)48(45-31(3)17-14-18-32(45)4)42-26-35(21-22-41(42)47)36-23-24-49(10)43(27-36)38-28-37(46(7,8)9)25-33(5)34(38)6/h11-28H,1-10H3/q+1. The Morgan fingerprint density at radius 1 is 0.490 bits per heavy atom. The third-order valence-corrected chi connectivity index (χ3v) is 11.3. The molecule has 5 aromatic carbocycles. The summed E-state index contributed by atoms with van der Waals surface area (Å²) in [6.07, 6.45) is 2.24. The normalized spacial score (nSPS) is 12.6. The van der Waals surface area contributed by atoms with E-state index in [2.05, 4.69) is 183 Å². The van der Waals surface area contributed by atoms with Gasteiger partial charge in [-0.2, -0.15) is 0 Å². The summed E-state index contributed by atoms with van der Waals surface area (Å²) >= 11 is 0. The molecule has 0 aliphatic carbocycles. The van der Waals surface area contributed by atoms with Crippen LogP contribution in [0.3, 0.4) is 0 Å². The van der Waals surface area contributed by atoms with Crippen molar-refractivity contribution in [3.8, 4) is 22.4 Å². The number of hydrogen-bond donors (Lipinski definition) is 0. The second-order valence-electron chi connectivity index (χ2n) is 15.6. The van der Waals surface area contributed by atoms with Crippen LogP contribution in [0, 0.1) is 41.5 Å². The van der Waals surface area contributed by atoms with Gasteiger partial charge < -0.3 is 0 Å². The molecule has 1 aliphatic heterocycles. The largest absolute Gasteiger partial charge is 0.240 e. The van der Waals surface area contributed by atoms with Crippen molar-refractivity contribution in [1.82, 2.24) is 0 Å². The number of fused-ring (bicyclic) bond motifs is 2. The average Bonchev–Trinajstić information content (AvgIpc) is 3.06. The van der Waals surface area contributed by atoms with E-state index in [1.807, 2.05) is 0 Å². The van der Waals surface area contributed by atoms with E-state index in [9.17, 15) is 0 Å². The van der Waals surface area contributed by atoms with Crippen LogP contribution in [-0.2, 0) is 12.5 Å². The first-order chi connectivity index (χ1) is 23.3. The summed E-state index contributed by atoms with van der Waals surface area (Å²) < 4.78 is 2.28. The highest BCUT2D eigenvalue weighted by Crippen LogP contribution is 2.32. The van der Waals surface area contributed by atoms with Crippen molar-refractivity contribution in [3.05, 3.63) is 148 Å². The zero-order valence-corrected chi connectivity index (χ0v) is 31.0. The Balaban J connectivity index is 1.48. The Kier molecular flexibility index (Phi) is 8.30. The monoisotopic (exact) mass is 636 g/mol. The molecule has 3 heteroatoms. The number of rotatable bonds is 4. The molecule has 0 saturated heterocycles. The number of hydrogen-bond acceptors (Lipinski definition) is 0. The molecule has 1 nitrogen and oxygen atoms in total. The number of nitrogens with zero attached hydrogens (tertiary/aromatic N) is 1. The summed E-state index contributed by atoms with van der Waals surface area (Å²) in [6, 6.07) is 39.5. The van der Waals surface area contributed by atoms with Crippen molar-refractivity contribution in [2.45, 2.75) is 67.7 Å². The third kappa shape index (κ3) is 5.68. The number of aryl methyl sites for hydroxylation is 6. The lowest BCUT2D eigenvalue weighted by atomic mass is 9.20. The highest BCUT2D eigenvalue weighted by molar-refractivity contribution is 7.11. The van der Waals surface area contributed by atoms with Crippen molar-refractivity contribution in [2.24, 2.45) is 7.05 Å². The van der Waals surface area contributed by atoms with E-state index in [-0.39, 0.29) is 18.8 Å². The number of aromatic nitrogens is 1. The quantitative estimate of drug-likeness (QED) is 0.157. The predicted molar refractivity (Wildman–Crippen MR) is 214 cm³/mol. The smallest absolute Gasteiger partial charge is 0.201 e. The van der Waals surface area contributed by atoms with Gasteiger partial charge in [-0.05, 0) is 80.8 Å². The minimum Gasteiger partial charge on any atom is -0.201 e. The van der Waals surface area contributed by atoms with Crippen molar-refractivity contribution >= 4 is 46.2 Å². The molecule has 242 valence electrons. The van der Waals surface area contributed by atoms with Gasteiger partial charge in [0.1, 0.15) is 7.05 Å². The van der Waals surface area contributed by atoms with Crippen LogP contribution >= 0.6 is 0 Å². The maximum atomic E-state index is 2.52. The average molecular weight is 637 g/mol. The van der Waals surface area contributed by atoms with Gasteiger partial charge in [0.15, 0.2) is 6.20 Å². The van der Waals surface area contributed by atoms with Gasteiger partial charge in [0.2, 0.25) is 19.1 Å². The molecule has 1 aliphatic rings. The molecule has 7 rings (SSSR count). The molecule has 0 radical (unpaired) electrons. The summed E-state index contributed by atoms with van der Waals surface area (Å²) in [5, 5.41) is 0. The molecule has 49 heavy (non-hydrogen) atoms. The van der Waals surface area contributed by atoms with Crippen LogP contribution in [-0.4, -0.2) is 13.4 Å². The summed E-state index contributed by atoms with van der Waals surface area (Å²) in [6.45, 7) is 20.9. The minimum atomic E-state index is 0.0763. The van der Waals surface area contributed by atoms with E-state index in [4.69, 9.17) is 0 Å². The van der Waals surface area contributed by atoms with Crippen LogP contribution in [0.1, 0.15) is 59.7 Å². The summed E-state index contributed by atoms with van der Waals surface area (Å²) in [7, 11) is 2.17. The fraction of sp³-hybridized carbons (Fsp3) is 0.239. The maximum Gasteiger partial charge on any atom is 0.240 e. The zero-order chi connectivity index (χ0) is 34.8. The van der Waals surface area contributed by atoms with Crippen LogP contribution in [0.5, 0.6) is 0 Å². The Morgan fingerprint density at radius 3 is 1.55 bits per heavy atom. The predicted octanol–water partition coefficient (Wildman–Crippen LogP) is 6.34. The van der Waals surface area contributed by atoms with E-state index < -0.39 is 0 Å². The van der Waals surface area contributed by atoms with Crippen molar-refractivity contribution < 1.29 is 4.57 Å². The molecule has 0 N–H and O–H groups in total. The van der Waals surface area contributed by atoms with E-state index >= 15 is 0 Å². The molecule has 0 saturated carbocycles. The lowest BCUT2D eigenvalue weighted by Crippen LogP contribution is -2.75. The molecule has 0 unspecified atom stereocenters. The zero-order valence-electron chi connectivity index (χ0n) is 31.0. The van der Waals surface area contributed by atoms with Gasteiger partial charge in [-0.15, -0.1) is 0 Å². The maximum absolute atomic E-state index is 2.52. The lowest BCUT2D eigenvalue weighted by Gasteiger charge is -2.34. The molecule has 2 heterocycles. The molecular weight excluding hydrogens is 588 g/mol. The molecule has 1 aromatic heterocycles. The Hall–Kier alpha value is -4.62. The Morgan fingerprint density at radius 2 is 1.00 bits per heavy atom. The van der Waals surface area contributed by atoms with E-state index in [1.54, 1.807) is 0 Å². The molecule has 0 atom stereocenters. The summed E-state index contributed by atoms with van der Waals surface area (Å²) in [5.41, 5.74) is 23.1. The first kappa shape index (κ1) is 32.9. The van der Waals surface area contributed by atoms with Crippen LogP contribution in [0.4, 0.5) is 0 Å². The SMILES string of the molecule is Cc1cc(C(C)(C)C)cc(-c2cc(-c3ccc4c(c3)B(c3c(C)cccc3C)c3ccccc3B4c3c(C)cccc3C)cc[n+]2C)c1C. The van der Waals surface area contributed by atoms with Crippen LogP contribution in [0.2, 0.25) is 0 Å². The first-order valence-corrected chi connectivity index (χ1v) is 17.8. The van der Waals surface area contributed by atoms with Gasteiger partial charge in [0, 0.05) is 17.7 Å². The van der Waals surface area contributed by atoms with Crippen LogP contribution in [0.15, 0.2) is 109 Å². The molecule has 0 spiro atoms. The van der Waals surface area contributed by atoms with Gasteiger partial charge in [-0.3, -0.25) is 0 Å². The Bertz CT molecular complexity index is 2210. The number of pyridine rings is 1. The molecule has 0 amide bonds. The minimum absolute atomic E-state index is 0.0763. The molecule has 0 bridgehead atoms. The fourth-order valence-electron chi connectivity index (χ4n) is 8.40.